The Morgan fingerprint density at radius 2 is 2.12 bits per heavy atom. The van der Waals surface area contributed by atoms with Crippen LogP contribution in [0.5, 0.6) is 5.75 Å². The van der Waals surface area contributed by atoms with Crippen LogP contribution in [0, 0.1) is 0 Å². The van der Waals surface area contributed by atoms with Crippen LogP contribution >= 0.6 is 15.9 Å². The van der Waals surface area contributed by atoms with E-state index in [1.165, 1.54) is 0 Å². The number of amides is 1. The Hall–Kier alpha value is -1.96. The highest BCUT2D eigenvalue weighted by atomic mass is 79.9. The number of likely N-dealkylation sites (tertiary alicyclic amines) is 1. The van der Waals surface area contributed by atoms with Crippen molar-refractivity contribution >= 4 is 28.0 Å². The number of nitrogens with one attached hydrogen (secondary N) is 2. The summed E-state index contributed by atoms with van der Waals surface area (Å²) in [6.45, 7) is 4.21. The first kappa shape index (κ1) is 20.4. The number of rotatable bonds is 5. The molecular formula is C18H27BrN4O3. The van der Waals surface area contributed by atoms with Gasteiger partial charge in [-0.2, -0.15) is 0 Å². The number of guanidine groups is 1. The molecule has 2 N–H and O–H groups in total. The lowest BCUT2D eigenvalue weighted by molar-refractivity contribution is 0.0963. The monoisotopic (exact) mass is 426 g/mol. The van der Waals surface area contributed by atoms with E-state index in [0.717, 1.165) is 34.6 Å². The number of methoxy groups -OCH3 is 1. The van der Waals surface area contributed by atoms with E-state index in [4.69, 9.17) is 9.47 Å². The fraction of sp³-hybridized carbons (Fsp3) is 0.556. The Balaban J connectivity index is 1.84. The fourth-order valence-electron chi connectivity index (χ4n) is 2.87. The van der Waals surface area contributed by atoms with E-state index in [-0.39, 0.29) is 12.1 Å². The molecule has 1 saturated heterocycles. The molecule has 1 heterocycles. The topological polar surface area (TPSA) is 75.2 Å². The summed E-state index contributed by atoms with van der Waals surface area (Å²) < 4.78 is 11.5. The fourth-order valence-corrected chi connectivity index (χ4v) is 3.28. The van der Waals surface area contributed by atoms with Crippen LogP contribution in [0.15, 0.2) is 27.7 Å². The van der Waals surface area contributed by atoms with E-state index in [2.05, 4.69) is 31.6 Å². The van der Waals surface area contributed by atoms with Crippen LogP contribution in [-0.2, 0) is 11.3 Å². The van der Waals surface area contributed by atoms with Gasteiger partial charge in [0.1, 0.15) is 5.75 Å². The van der Waals surface area contributed by atoms with Crippen molar-refractivity contribution in [3.8, 4) is 5.75 Å². The summed E-state index contributed by atoms with van der Waals surface area (Å²) >= 11 is 3.49. The van der Waals surface area contributed by atoms with Crippen LogP contribution in [0.2, 0.25) is 0 Å². The van der Waals surface area contributed by atoms with Gasteiger partial charge in [0.2, 0.25) is 0 Å². The largest absolute Gasteiger partial charge is 0.496 e. The molecule has 0 unspecified atom stereocenters. The second-order valence-electron chi connectivity index (χ2n) is 5.99. The molecule has 8 heteroatoms. The average Bonchev–Trinajstić information content (AvgIpc) is 2.66. The van der Waals surface area contributed by atoms with Gasteiger partial charge in [-0.1, -0.05) is 15.9 Å². The molecule has 1 aromatic rings. The Kier molecular flexibility index (Phi) is 8.03. The van der Waals surface area contributed by atoms with Gasteiger partial charge >= 0.3 is 6.09 Å². The third-order valence-corrected chi connectivity index (χ3v) is 4.77. The van der Waals surface area contributed by atoms with Gasteiger partial charge in [-0.3, -0.25) is 4.99 Å². The Labute approximate surface area is 163 Å². The summed E-state index contributed by atoms with van der Waals surface area (Å²) in [6, 6.07) is 6.18. The van der Waals surface area contributed by atoms with Crippen molar-refractivity contribution in [2.45, 2.75) is 32.4 Å². The lowest BCUT2D eigenvalue weighted by atomic mass is 10.1. The van der Waals surface area contributed by atoms with E-state index >= 15 is 0 Å². The normalized spacial score (nSPS) is 15.5. The molecule has 1 fully saturated rings. The van der Waals surface area contributed by atoms with Crippen LogP contribution < -0.4 is 15.4 Å². The van der Waals surface area contributed by atoms with Crippen molar-refractivity contribution in [3.05, 3.63) is 28.2 Å². The number of ether oxygens (including phenoxy) is 2. The first-order valence-electron chi connectivity index (χ1n) is 8.78. The number of halogens is 1. The van der Waals surface area contributed by atoms with E-state index < -0.39 is 0 Å². The molecule has 1 aliphatic heterocycles. The number of benzene rings is 1. The maximum Gasteiger partial charge on any atom is 0.409 e. The summed E-state index contributed by atoms with van der Waals surface area (Å²) in [5.74, 6) is 1.57. The van der Waals surface area contributed by atoms with E-state index in [0.29, 0.717) is 26.2 Å². The molecular weight excluding hydrogens is 400 g/mol. The number of carbonyl (C=O) groups is 1. The zero-order chi connectivity index (χ0) is 18.9. The number of aliphatic imine (C=N–C) groups is 1. The second kappa shape index (κ2) is 10.3. The molecule has 26 heavy (non-hydrogen) atoms. The van der Waals surface area contributed by atoms with Crippen molar-refractivity contribution in [1.82, 2.24) is 15.5 Å². The minimum absolute atomic E-state index is 0.227. The predicted octanol–water partition coefficient (Wildman–Crippen LogP) is 2.74. The van der Waals surface area contributed by atoms with Crippen LogP contribution in [0.4, 0.5) is 4.79 Å². The van der Waals surface area contributed by atoms with E-state index in [9.17, 15) is 4.79 Å². The van der Waals surface area contributed by atoms with Crippen LogP contribution in [0.1, 0.15) is 25.3 Å². The third-order valence-electron chi connectivity index (χ3n) is 4.27. The Morgan fingerprint density at radius 3 is 2.73 bits per heavy atom. The molecule has 0 spiro atoms. The number of hydrogen-bond acceptors (Lipinski definition) is 4. The Bertz CT molecular complexity index is 631. The van der Waals surface area contributed by atoms with Gasteiger partial charge in [0.25, 0.3) is 0 Å². The van der Waals surface area contributed by atoms with Crippen molar-refractivity contribution in [3.63, 3.8) is 0 Å². The van der Waals surface area contributed by atoms with Crippen molar-refractivity contribution in [2.75, 3.05) is 33.9 Å². The zero-order valence-corrected chi connectivity index (χ0v) is 17.1. The van der Waals surface area contributed by atoms with Gasteiger partial charge in [0, 0.05) is 42.8 Å². The molecule has 0 bridgehead atoms. The second-order valence-corrected chi connectivity index (χ2v) is 6.90. The molecule has 2 rings (SSSR count). The first-order chi connectivity index (χ1) is 12.6. The minimum atomic E-state index is -0.227. The highest BCUT2D eigenvalue weighted by Crippen LogP contribution is 2.22. The van der Waals surface area contributed by atoms with Gasteiger partial charge in [-0.05, 0) is 38.0 Å². The number of carbonyl (C=O) groups excluding carboxylic acids is 1. The maximum absolute atomic E-state index is 11.8. The molecule has 1 aromatic carbocycles. The highest BCUT2D eigenvalue weighted by Gasteiger charge is 2.24. The van der Waals surface area contributed by atoms with Crippen LogP contribution in [0.25, 0.3) is 0 Å². The van der Waals surface area contributed by atoms with Crippen LogP contribution in [-0.4, -0.2) is 56.8 Å². The van der Waals surface area contributed by atoms with Gasteiger partial charge < -0.3 is 25.0 Å². The Morgan fingerprint density at radius 1 is 1.38 bits per heavy atom. The zero-order valence-electron chi connectivity index (χ0n) is 15.5. The van der Waals surface area contributed by atoms with Gasteiger partial charge in [-0.15, -0.1) is 0 Å². The summed E-state index contributed by atoms with van der Waals surface area (Å²) in [5.41, 5.74) is 1.04. The van der Waals surface area contributed by atoms with E-state index in [1.54, 1.807) is 19.1 Å². The first-order valence-corrected chi connectivity index (χ1v) is 9.58. The number of piperidine rings is 1. The SMILES string of the molecule is CCOC(=O)N1CCC(NC(=NC)NCc2cc(Br)ccc2OC)CC1. The molecule has 0 atom stereocenters. The van der Waals surface area contributed by atoms with Gasteiger partial charge in [0.05, 0.1) is 13.7 Å². The molecule has 1 aliphatic rings. The quantitative estimate of drug-likeness (QED) is 0.559. The molecule has 0 aromatic heterocycles. The summed E-state index contributed by atoms with van der Waals surface area (Å²) in [6.07, 6.45) is 1.50. The number of hydrogen-bond donors (Lipinski definition) is 2. The molecule has 7 nitrogen and oxygen atoms in total. The molecule has 1 amide bonds. The van der Waals surface area contributed by atoms with Gasteiger partial charge in [-0.25, -0.2) is 4.79 Å². The summed E-state index contributed by atoms with van der Waals surface area (Å²) in [5, 5.41) is 6.75. The molecule has 0 aliphatic carbocycles. The van der Waals surface area contributed by atoms with Crippen molar-refractivity contribution < 1.29 is 14.3 Å². The highest BCUT2D eigenvalue weighted by molar-refractivity contribution is 9.10. The minimum Gasteiger partial charge on any atom is -0.496 e. The smallest absolute Gasteiger partial charge is 0.409 e. The molecule has 0 saturated carbocycles. The standard InChI is InChI=1S/C18H27BrN4O3/c1-4-26-18(24)23-9-7-15(8-10-23)22-17(20-2)21-12-13-11-14(19)5-6-16(13)25-3/h5-6,11,15H,4,7-10,12H2,1-3H3,(H2,20,21,22). The predicted molar refractivity (Wildman–Crippen MR) is 106 cm³/mol. The van der Waals surface area contributed by atoms with Crippen molar-refractivity contribution in [2.24, 2.45) is 4.99 Å². The summed E-state index contributed by atoms with van der Waals surface area (Å²) in [7, 11) is 3.42. The van der Waals surface area contributed by atoms with E-state index in [1.807, 2.05) is 25.1 Å². The lowest BCUT2D eigenvalue weighted by Crippen LogP contribution is -2.49. The average molecular weight is 427 g/mol. The number of nitrogens with zero attached hydrogens (tertiary/aromatic N) is 2. The third kappa shape index (κ3) is 5.79. The molecule has 144 valence electrons. The van der Waals surface area contributed by atoms with Gasteiger partial charge in [0.15, 0.2) is 5.96 Å². The lowest BCUT2D eigenvalue weighted by Gasteiger charge is -2.32. The maximum atomic E-state index is 11.8. The van der Waals surface area contributed by atoms with Crippen molar-refractivity contribution in [1.29, 1.82) is 0 Å². The molecule has 0 radical (unpaired) electrons. The summed E-state index contributed by atoms with van der Waals surface area (Å²) in [4.78, 5) is 17.8. The van der Waals surface area contributed by atoms with Crippen LogP contribution in [0.3, 0.4) is 0 Å².